The Balaban J connectivity index is 3.03. The van der Waals surface area contributed by atoms with Crippen molar-refractivity contribution in [2.24, 2.45) is 11.7 Å². The first-order valence-electron chi connectivity index (χ1n) is 9.71. The Morgan fingerprint density at radius 2 is 1.63 bits per heavy atom. The molecule has 0 aromatic heterocycles. The van der Waals surface area contributed by atoms with Crippen molar-refractivity contribution < 1.29 is 24.3 Å². The van der Waals surface area contributed by atoms with Gasteiger partial charge in [0, 0.05) is 12.2 Å². The largest absolute Gasteiger partial charge is 0.480 e. The molecule has 0 fully saturated rings. The van der Waals surface area contributed by atoms with E-state index >= 15 is 0 Å². The summed E-state index contributed by atoms with van der Waals surface area (Å²) in [7, 11) is 0. The number of carboxylic acids is 1. The van der Waals surface area contributed by atoms with Crippen molar-refractivity contribution in [3.8, 4) is 0 Å². The van der Waals surface area contributed by atoms with Crippen molar-refractivity contribution in [3.63, 3.8) is 0 Å². The average Bonchev–Trinajstić information content (AvgIpc) is 2.74. The van der Waals surface area contributed by atoms with E-state index in [1.165, 1.54) is 0 Å². The quantitative estimate of drug-likeness (QED) is 0.247. The molecule has 30 heavy (non-hydrogen) atoms. The van der Waals surface area contributed by atoms with Crippen molar-refractivity contribution in [1.82, 2.24) is 16.0 Å². The fraction of sp³-hybridized carbons (Fsp3) is 0.500. The molecule has 4 unspecified atom stereocenters. The summed E-state index contributed by atoms with van der Waals surface area (Å²) in [6.07, 6.45) is 0.704. The predicted molar refractivity (Wildman–Crippen MR) is 116 cm³/mol. The van der Waals surface area contributed by atoms with Crippen LogP contribution in [0.15, 0.2) is 30.3 Å². The third-order valence-corrected chi connectivity index (χ3v) is 5.08. The highest BCUT2D eigenvalue weighted by molar-refractivity contribution is 7.80. The number of rotatable bonds is 12. The van der Waals surface area contributed by atoms with Gasteiger partial charge in [-0.1, -0.05) is 50.6 Å². The molecule has 0 saturated heterocycles. The number of thiol groups is 1. The number of carbonyl (C=O) groups excluding carboxylic acids is 3. The van der Waals surface area contributed by atoms with E-state index in [2.05, 4.69) is 28.6 Å². The van der Waals surface area contributed by atoms with Gasteiger partial charge in [0.1, 0.15) is 18.1 Å². The lowest BCUT2D eigenvalue weighted by Gasteiger charge is -2.26. The van der Waals surface area contributed by atoms with Crippen LogP contribution >= 0.6 is 12.6 Å². The van der Waals surface area contributed by atoms with Crippen molar-refractivity contribution in [3.05, 3.63) is 35.9 Å². The van der Waals surface area contributed by atoms with Crippen LogP contribution in [-0.4, -0.2) is 59.2 Å². The van der Waals surface area contributed by atoms with Crippen LogP contribution in [0.2, 0.25) is 0 Å². The monoisotopic (exact) mass is 438 g/mol. The highest BCUT2D eigenvalue weighted by atomic mass is 32.1. The molecule has 6 N–H and O–H groups in total. The Kier molecular flexibility index (Phi) is 10.9. The summed E-state index contributed by atoms with van der Waals surface area (Å²) >= 11 is 4.07. The van der Waals surface area contributed by atoms with Crippen LogP contribution in [0.4, 0.5) is 0 Å². The molecule has 1 rings (SSSR count). The lowest BCUT2D eigenvalue weighted by atomic mass is 9.98. The molecule has 0 aliphatic rings. The smallest absolute Gasteiger partial charge is 0.326 e. The van der Waals surface area contributed by atoms with Crippen LogP contribution in [0.3, 0.4) is 0 Å². The minimum Gasteiger partial charge on any atom is -0.480 e. The second-order valence-electron chi connectivity index (χ2n) is 6.97. The number of nitrogens with one attached hydrogen (secondary N) is 3. The molecule has 0 aliphatic heterocycles. The van der Waals surface area contributed by atoms with Gasteiger partial charge in [-0.25, -0.2) is 4.79 Å². The molecule has 166 valence electrons. The molecule has 1 aromatic carbocycles. The van der Waals surface area contributed by atoms with E-state index < -0.39 is 41.8 Å². The van der Waals surface area contributed by atoms with E-state index in [0.29, 0.717) is 6.42 Å². The summed E-state index contributed by atoms with van der Waals surface area (Å²) < 4.78 is 0. The number of carbonyl (C=O) groups is 4. The number of aliphatic carboxylic acids is 1. The Bertz CT molecular complexity index is 731. The molecule has 10 heteroatoms. The zero-order valence-corrected chi connectivity index (χ0v) is 18.0. The molecular formula is C20H30N4O5S. The SMILES string of the molecule is CCC(C)C(NC(=O)C(Cc1ccccc1)NC(=O)C(CS)NC(=O)CN)C(=O)O. The van der Waals surface area contributed by atoms with Crippen molar-refractivity contribution in [2.45, 2.75) is 44.8 Å². The fourth-order valence-corrected chi connectivity index (χ4v) is 2.97. The Hall–Kier alpha value is -2.59. The molecule has 3 amide bonds. The fourth-order valence-electron chi connectivity index (χ4n) is 2.72. The maximum absolute atomic E-state index is 12.9. The topological polar surface area (TPSA) is 151 Å². The standard InChI is InChI=1S/C20H30N4O5S/c1-3-12(2)17(20(28)29)24-18(26)14(9-13-7-5-4-6-8-13)23-19(27)15(11-30)22-16(25)10-21/h4-8,12,14-15,17,30H,3,9-11,21H2,1-2H3,(H,22,25)(H,23,27)(H,24,26)(H,28,29). The number of hydrogen-bond acceptors (Lipinski definition) is 6. The number of hydrogen-bond donors (Lipinski definition) is 6. The first-order valence-corrected chi connectivity index (χ1v) is 10.3. The van der Waals surface area contributed by atoms with Crippen molar-refractivity contribution >= 4 is 36.3 Å². The lowest BCUT2D eigenvalue weighted by molar-refractivity contribution is -0.143. The third kappa shape index (κ3) is 8.03. The molecule has 1 aromatic rings. The Morgan fingerprint density at radius 3 is 2.13 bits per heavy atom. The van der Waals surface area contributed by atoms with E-state index in [1.807, 2.05) is 13.0 Å². The number of nitrogens with two attached hydrogens (primary N) is 1. The van der Waals surface area contributed by atoms with Crippen molar-refractivity contribution in [1.29, 1.82) is 0 Å². The molecule has 0 aliphatic carbocycles. The van der Waals surface area contributed by atoms with Gasteiger partial charge >= 0.3 is 5.97 Å². The maximum atomic E-state index is 12.9. The van der Waals surface area contributed by atoms with Gasteiger partial charge in [-0.15, -0.1) is 0 Å². The minimum atomic E-state index is -1.15. The van der Waals surface area contributed by atoms with Gasteiger partial charge < -0.3 is 26.8 Å². The van der Waals surface area contributed by atoms with E-state index in [1.54, 1.807) is 31.2 Å². The van der Waals surface area contributed by atoms with Gasteiger partial charge in [0.25, 0.3) is 0 Å². The van der Waals surface area contributed by atoms with Crippen LogP contribution in [0.5, 0.6) is 0 Å². The lowest BCUT2D eigenvalue weighted by Crippen LogP contribution is -2.58. The highest BCUT2D eigenvalue weighted by Gasteiger charge is 2.31. The first kappa shape index (κ1) is 25.4. The van der Waals surface area contributed by atoms with E-state index in [-0.39, 0.29) is 24.6 Å². The van der Waals surface area contributed by atoms with Gasteiger partial charge in [0.2, 0.25) is 17.7 Å². The number of benzene rings is 1. The van der Waals surface area contributed by atoms with Crippen LogP contribution in [0, 0.1) is 5.92 Å². The molecular weight excluding hydrogens is 408 g/mol. The van der Waals surface area contributed by atoms with Gasteiger partial charge in [0.15, 0.2) is 0 Å². The second kappa shape index (κ2) is 12.9. The van der Waals surface area contributed by atoms with E-state index in [9.17, 15) is 24.3 Å². The van der Waals surface area contributed by atoms with Gasteiger partial charge in [-0.2, -0.15) is 12.6 Å². The summed E-state index contributed by atoms with van der Waals surface area (Å²) in [5.74, 6) is -3.21. The predicted octanol–water partition coefficient (Wildman–Crippen LogP) is -0.297. The minimum absolute atomic E-state index is 0.00185. The third-order valence-electron chi connectivity index (χ3n) is 4.71. The number of carboxylic acid groups (broad SMARTS) is 1. The van der Waals surface area contributed by atoms with Gasteiger partial charge in [0.05, 0.1) is 6.54 Å². The van der Waals surface area contributed by atoms with Gasteiger partial charge in [-0.3, -0.25) is 14.4 Å². The van der Waals surface area contributed by atoms with Crippen LogP contribution in [0.1, 0.15) is 25.8 Å². The number of amides is 3. The summed E-state index contributed by atoms with van der Waals surface area (Å²) in [5.41, 5.74) is 6.04. The Labute approximate surface area is 181 Å². The first-order chi connectivity index (χ1) is 14.2. The molecule has 0 saturated carbocycles. The molecule has 0 spiro atoms. The second-order valence-corrected chi connectivity index (χ2v) is 7.33. The van der Waals surface area contributed by atoms with Crippen LogP contribution in [-0.2, 0) is 25.6 Å². The summed E-state index contributed by atoms with van der Waals surface area (Å²) in [5, 5.41) is 17.0. The van der Waals surface area contributed by atoms with Gasteiger partial charge in [-0.05, 0) is 11.5 Å². The normalized spacial score (nSPS) is 14.7. The van der Waals surface area contributed by atoms with E-state index in [4.69, 9.17) is 5.73 Å². The maximum Gasteiger partial charge on any atom is 0.326 e. The zero-order chi connectivity index (χ0) is 22.7. The molecule has 0 radical (unpaired) electrons. The molecule has 0 heterocycles. The molecule has 9 nitrogen and oxygen atoms in total. The Morgan fingerprint density at radius 1 is 1.03 bits per heavy atom. The van der Waals surface area contributed by atoms with Crippen molar-refractivity contribution in [2.75, 3.05) is 12.3 Å². The highest BCUT2D eigenvalue weighted by Crippen LogP contribution is 2.10. The van der Waals surface area contributed by atoms with Crippen LogP contribution < -0.4 is 21.7 Å². The summed E-state index contributed by atoms with van der Waals surface area (Å²) in [6, 6.07) is 5.88. The molecule has 0 bridgehead atoms. The van der Waals surface area contributed by atoms with Crippen LogP contribution in [0.25, 0.3) is 0 Å². The van der Waals surface area contributed by atoms with E-state index in [0.717, 1.165) is 5.56 Å². The molecule has 4 atom stereocenters. The average molecular weight is 439 g/mol. The summed E-state index contributed by atoms with van der Waals surface area (Å²) in [4.78, 5) is 48.6. The zero-order valence-electron chi connectivity index (χ0n) is 17.1. The summed E-state index contributed by atoms with van der Waals surface area (Å²) in [6.45, 7) is 3.26.